The largest absolute Gasteiger partial charge is 0.388 e. The zero-order valence-corrected chi connectivity index (χ0v) is 11.2. The number of rotatable bonds is 5. The average Bonchev–Trinajstić information content (AvgIpc) is 2.45. The second-order valence-corrected chi connectivity index (χ2v) is 4.64. The third kappa shape index (κ3) is 2.81. The molecule has 102 valence electrons. The van der Waals surface area contributed by atoms with Gasteiger partial charge in [-0.25, -0.2) is 14.4 Å². The van der Waals surface area contributed by atoms with Gasteiger partial charge in [-0.3, -0.25) is 0 Å². The van der Waals surface area contributed by atoms with Gasteiger partial charge in [0.05, 0.1) is 5.60 Å². The van der Waals surface area contributed by atoms with E-state index in [-0.39, 0.29) is 11.3 Å². The van der Waals surface area contributed by atoms with E-state index >= 15 is 0 Å². The Labute approximate surface area is 111 Å². The minimum absolute atomic E-state index is 0.288. The third-order valence-electron chi connectivity index (χ3n) is 3.52. The predicted octanol–water partition coefficient (Wildman–Crippen LogP) is 2.73. The highest BCUT2D eigenvalue weighted by Crippen LogP contribution is 2.22. The molecule has 5 heteroatoms. The summed E-state index contributed by atoms with van der Waals surface area (Å²) in [5, 5.41) is 13.9. The van der Waals surface area contributed by atoms with Crippen molar-refractivity contribution in [1.29, 1.82) is 0 Å². The predicted molar refractivity (Wildman–Crippen MR) is 73.5 cm³/mol. The van der Waals surface area contributed by atoms with Gasteiger partial charge in [-0.2, -0.15) is 0 Å². The molecule has 1 aromatic carbocycles. The zero-order chi connectivity index (χ0) is 13.9. The lowest BCUT2D eigenvalue weighted by molar-refractivity contribution is 0.0456. The summed E-state index contributed by atoms with van der Waals surface area (Å²) in [6.45, 7) is 4.24. The Bertz CT molecular complexity index is 570. The SMILES string of the molecule is CCC(O)(CC)CNc1ncnc2c(F)cccc12. The molecule has 0 amide bonds. The van der Waals surface area contributed by atoms with Gasteiger partial charge in [-0.1, -0.05) is 19.9 Å². The average molecular weight is 263 g/mol. The van der Waals surface area contributed by atoms with Crippen LogP contribution in [0.5, 0.6) is 0 Å². The third-order valence-corrected chi connectivity index (χ3v) is 3.52. The number of para-hydroxylation sites is 1. The maximum atomic E-state index is 13.6. The van der Waals surface area contributed by atoms with Crippen LogP contribution in [0.1, 0.15) is 26.7 Å². The quantitative estimate of drug-likeness (QED) is 0.871. The fraction of sp³-hybridized carbons (Fsp3) is 0.429. The molecule has 2 aromatic rings. The van der Waals surface area contributed by atoms with Crippen molar-refractivity contribution in [2.45, 2.75) is 32.3 Å². The topological polar surface area (TPSA) is 58.0 Å². The molecule has 0 spiro atoms. The summed E-state index contributed by atoms with van der Waals surface area (Å²) in [5.41, 5.74) is -0.485. The molecule has 4 nitrogen and oxygen atoms in total. The number of nitrogens with one attached hydrogen (secondary N) is 1. The van der Waals surface area contributed by atoms with E-state index < -0.39 is 5.60 Å². The molecule has 0 aliphatic carbocycles. The van der Waals surface area contributed by atoms with Crippen molar-refractivity contribution in [3.05, 3.63) is 30.3 Å². The Morgan fingerprint density at radius 1 is 1.26 bits per heavy atom. The zero-order valence-electron chi connectivity index (χ0n) is 11.2. The minimum Gasteiger partial charge on any atom is -0.388 e. The molecule has 0 aliphatic rings. The van der Waals surface area contributed by atoms with Crippen LogP contribution in [0.2, 0.25) is 0 Å². The number of anilines is 1. The van der Waals surface area contributed by atoms with E-state index in [0.717, 1.165) is 0 Å². The van der Waals surface area contributed by atoms with Crippen LogP contribution >= 0.6 is 0 Å². The first kappa shape index (κ1) is 13.7. The molecule has 1 aromatic heterocycles. The molecule has 0 saturated carbocycles. The lowest BCUT2D eigenvalue weighted by Crippen LogP contribution is -2.35. The number of hydrogen-bond acceptors (Lipinski definition) is 4. The van der Waals surface area contributed by atoms with Crippen molar-refractivity contribution < 1.29 is 9.50 Å². The van der Waals surface area contributed by atoms with Gasteiger partial charge in [0.25, 0.3) is 0 Å². The molecular weight excluding hydrogens is 245 g/mol. The van der Waals surface area contributed by atoms with Crippen LogP contribution in [-0.2, 0) is 0 Å². The van der Waals surface area contributed by atoms with Crippen LogP contribution in [-0.4, -0.2) is 27.2 Å². The second kappa shape index (κ2) is 5.48. The molecule has 2 N–H and O–H groups in total. The summed E-state index contributed by atoms with van der Waals surface area (Å²) in [5.74, 6) is 0.175. The van der Waals surface area contributed by atoms with Crippen molar-refractivity contribution in [2.75, 3.05) is 11.9 Å². The monoisotopic (exact) mass is 263 g/mol. The molecule has 0 radical (unpaired) electrons. The highest BCUT2D eigenvalue weighted by Gasteiger charge is 2.22. The van der Waals surface area contributed by atoms with Crippen molar-refractivity contribution in [2.24, 2.45) is 0 Å². The molecule has 0 bridgehead atoms. The van der Waals surface area contributed by atoms with E-state index in [1.165, 1.54) is 12.4 Å². The molecule has 19 heavy (non-hydrogen) atoms. The first-order valence-electron chi connectivity index (χ1n) is 6.45. The van der Waals surface area contributed by atoms with Crippen LogP contribution in [0.15, 0.2) is 24.5 Å². The summed E-state index contributed by atoms with van der Waals surface area (Å²) < 4.78 is 13.6. The Balaban J connectivity index is 2.29. The molecule has 0 saturated heterocycles. The number of benzene rings is 1. The normalized spacial score (nSPS) is 11.8. The van der Waals surface area contributed by atoms with E-state index in [9.17, 15) is 9.50 Å². The van der Waals surface area contributed by atoms with E-state index in [4.69, 9.17) is 0 Å². The maximum absolute atomic E-state index is 13.6. The van der Waals surface area contributed by atoms with Crippen LogP contribution < -0.4 is 5.32 Å². The van der Waals surface area contributed by atoms with Gasteiger partial charge >= 0.3 is 0 Å². The van der Waals surface area contributed by atoms with Gasteiger partial charge in [0.15, 0.2) is 0 Å². The van der Waals surface area contributed by atoms with Gasteiger partial charge in [0.2, 0.25) is 0 Å². The lowest BCUT2D eigenvalue weighted by atomic mass is 9.97. The first-order valence-corrected chi connectivity index (χ1v) is 6.45. The first-order chi connectivity index (χ1) is 9.09. The van der Waals surface area contributed by atoms with E-state index in [1.807, 2.05) is 13.8 Å². The number of hydrogen-bond donors (Lipinski definition) is 2. The number of fused-ring (bicyclic) bond motifs is 1. The minimum atomic E-state index is -0.773. The highest BCUT2D eigenvalue weighted by atomic mass is 19.1. The molecule has 0 atom stereocenters. The van der Waals surface area contributed by atoms with Crippen molar-refractivity contribution >= 4 is 16.7 Å². The summed E-state index contributed by atoms with van der Waals surface area (Å²) >= 11 is 0. The number of nitrogens with zero attached hydrogens (tertiary/aromatic N) is 2. The van der Waals surface area contributed by atoms with Crippen LogP contribution in [0.3, 0.4) is 0 Å². The fourth-order valence-electron chi connectivity index (χ4n) is 1.94. The lowest BCUT2D eigenvalue weighted by Gasteiger charge is -2.25. The fourth-order valence-corrected chi connectivity index (χ4v) is 1.94. The number of halogens is 1. The van der Waals surface area contributed by atoms with Crippen LogP contribution in [0, 0.1) is 5.82 Å². The van der Waals surface area contributed by atoms with E-state index in [2.05, 4.69) is 15.3 Å². The van der Waals surface area contributed by atoms with Crippen molar-refractivity contribution in [3.63, 3.8) is 0 Å². The van der Waals surface area contributed by atoms with Gasteiger partial charge < -0.3 is 10.4 Å². The van der Waals surface area contributed by atoms with E-state index in [1.54, 1.807) is 12.1 Å². The second-order valence-electron chi connectivity index (χ2n) is 4.64. The van der Waals surface area contributed by atoms with Crippen LogP contribution in [0.4, 0.5) is 10.2 Å². The molecule has 0 fully saturated rings. The number of aromatic nitrogens is 2. The van der Waals surface area contributed by atoms with Crippen molar-refractivity contribution in [1.82, 2.24) is 9.97 Å². The van der Waals surface area contributed by atoms with E-state index in [0.29, 0.717) is 30.6 Å². The van der Waals surface area contributed by atoms with Gasteiger partial charge in [0.1, 0.15) is 23.5 Å². The van der Waals surface area contributed by atoms with Gasteiger partial charge in [-0.15, -0.1) is 0 Å². The summed E-state index contributed by atoms with van der Waals surface area (Å²) in [4.78, 5) is 8.06. The summed E-state index contributed by atoms with van der Waals surface area (Å²) in [6, 6.07) is 4.75. The molecule has 0 aliphatic heterocycles. The Morgan fingerprint density at radius 3 is 2.68 bits per heavy atom. The Kier molecular flexibility index (Phi) is 3.95. The Hall–Kier alpha value is -1.75. The summed E-state index contributed by atoms with van der Waals surface area (Å²) in [7, 11) is 0. The smallest absolute Gasteiger partial charge is 0.149 e. The van der Waals surface area contributed by atoms with Gasteiger partial charge in [0, 0.05) is 11.9 Å². The van der Waals surface area contributed by atoms with Gasteiger partial charge in [-0.05, 0) is 25.0 Å². The summed E-state index contributed by atoms with van der Waals surface area (Å²) in [6.07, 6.45) is 2.62. The molecule has 1 heterocycles. The Morgan fingerprint density at radius 2 is 2.00 bits per heavy atom. The molecule has 2 rings (SSSR count). The van der Waals surface area contributed by atoms with Crippen molar-refractivity contribution in [3.8, 4) is 0 Å². The molecule has 0 unspecified atom stereocenters. The number of aliphatic hydroxyl groups is 1. The maximum Gasteiger partial charge on any atom is 0.149 e. The highest BCUT2D eigenvalue weighted by molar-refractivity contribution is 5.89. The molecular formula is C14H18FN3O. The standard InChI is InChI=1S/C14H18FN3O/c1-3-14(19,4-2)8-16-13-10-6-5-7-11(15)12(10)17-9-18-13/h5-7,9,19H,3-4,8H2,1-2H3,(H,16,17,18). The van der Waals surface area contributed by atoms with Crippen LogP contribution in [0.25, 0.3) is 10.9 Å².